The van der Waals surface area contributed by atoms with Gasteiger partial charge in [0, 0.05) is 12.5 Å². The highest BCUT2D eigenvalue weighted by atomic mass is 16.5. The molecule has 3 aliphatic rings. The number of likely N-dealkylation sites (N-methyl/N-ethyl adjacent to an activating group) is 1. The molecule has 10 heteroatoms. The second-order valence-corrected chi connectivity index (χ2v) is 8.00. The topological polar surface area (TPSA) is 112 Å². The number of carbonyl (C=O) groups is 2. The highest BCUT2D eigenvalue weighted by Gasteiger charge is 2.40. The molecule has 0 bridgehead atoms. The maximum atomic E-state index is 13.0. The number of hydrogen-bond donors (Lipinski definition) is 3. The Hall–Kier alpha value is -3.24. The minimum Gasteiger partial charge on any atom is -0.497 e. The molecule has 10 nitrogen and oxygen atoms in total. The second kappa shape index (κ2) is 9.49. The molecule has 1 saturated carbocycles. The maximum absolute atomic E-state index is 13.0. The van der Waals surface area contributed by atoms with Crippen LogP contribution in [-0.2, 0) is 20.9 Å². The molecule has 0 radical (unpaired) electrons. The first kappa shape index (κ1) is 22.0. The fourth-order valence-electron chi connectivity index (χ4n) is 4.12. The number of fused-ring (bicyclic) bond motifs is 1. The highest BCUT2D eigenvalue weighted by Crippen LogP contribution is 2.29. The summed E-state index contributed by atoms with van der Waals surface area (Å²) in [6, 6.07) is 7.64. The van der Waals surface area contributed by atoms with E-state index in [0.29, 0.717) is 19.0 Å². The second-order valence-electron chi connectivity index (χ2n) is 8.00. The summed E-state index contributed by atoms with van der Waals surface area (Å²) in [5.41, 5.74) is 10.5. The average Bonchev–Trinajstić information content (AvgIpc) is 3.48. The fourth-order valence-corrected chi connectivity index (χ4v) is 4.12. The van der Waals surface area contributed by atoms with Gasteiger partial charge in [0.2, 0.25) is 5.91 Å². The number of rotatable bonds is 8. The lowest BCUT2D eigenvalue weighted by molar-refractivity contribution is -0.131. The number of amides is 2. The van der Waals surface area contributed by atoms with E-state index in [-0.39, 0.29) is 36.0 Å². The first-order valence-corrected chi connectivity index (χ1v) is 10.9. The summed E-state index contributed by atoms with van der Waals surface area (Å²) in [6.45, 7) is 2.95. The fraction of sp³-hybridized carbons (Fsp3) is 0.455. The molecular weight excluding hydrogens is 412 g/mol. The van der Waals surface area contributed by atoms with Gasteiger partial charge in [-0.3, -0.25) is 19.5 Å². The van der Waals surface area contributed by atoms with E-state index in [9.17, 15) is 9.59 Å². The van der Waals surface area contributed by atoms with E-state index in [1.54, 1.807) is 28.2 Å². The monoisotopic (exact) mass is 442 g/mol. The smallest absolute Gasteiger partial charge is 0.279 e. The number of methoxy groups -OCH3 is 1. The van der Waals surface area contributed by atoms with Gasteiger partial charge in [0.1, 0.15) is 18.2 Å². The molecule has 0 saturated heterocycles. The average molecular weight is 443 g/mol. The number of carbonyl (C=O) groups excluding carboxylic acids is 2. The first-order chi connectivity index (χ1) is 15.5. The Labute approximate surface area is 187 Å². The third kappa shape index (κ3) is 4.37. The van der Waals surface area contributed by atoms with E-state index in [2.05, 4.69) is 10.9 Å². The molecule has 0 unspecified atom stereocenters. The Bertz CT molecular complexity index is 923. The summed E-state index contributed by atoms with van der Waals surface area (Å²) in [5.74, 6) is 1.01. The number of hydrazine groups is 2. The lowest BCUT2D eigenvalue weighted by Gasteiger charge is -2.36. The highest BCUT2D eigenvalue weighted by molar-refractivity contribution is 6.00. The summed E-state index contributed by atoms with van der Waals surface area (Å²) < 4.78 is 11.0. The first-order valence-electron chi connectivity index (χ1n) is 10.9. The van der Waals surface area contributed by atoms with Crippen LogP contribution < -0.4 is 21.3 Å². The summed E-state index contributed by atoms with van der Waals surface area (Å²) >= 11 is 0. The molecule has 0 atom stereocenters. The van der Waals surface area contributed by atoms with Crippen molar-refractivity contribution in [3.8, 4) is 5.75 Å². The van der Waals surface area contributed by atoms with Crippen LogP contribution >= 0.6 is 0 Å². The molecule has 2 aliphatic heterocycles. The third-order valence-electron chi connectivity index (χ3n) is 5.91. The van der Waals surface area contributed by atoms with Gasteiger partial charge in [-0.15, -0.1) is 5.53 Å². The zero-order chi connectivity index (χ0) is 22.7. The molecule has 172 valence electrons. The van der Waals surface area contributed by atoms with Gasteiger partial charge < -0.3 is 20.5 Å². The number of nitrogens with zero attached hydrogens (tertiary/aromatic N) is 3. The number of hydrogen-bond acceptors (Lipinski definition) is 8. The predicted octanol–water partition coefficient (Wildman–Crippen LogP) is 1.30. The van der Waals surface area contributed by atoms with Crippen molar-refractivity contribution >= 4 is 11.8 Å². The van der Waals surface area contributed by atoms with Gasteiger partial charge in [0.25, 0.3) is 5.91 Å². The molecule has 0 spiro atoms. The Balaban J connectivity index is 1.41. The molecule has 1 aromatic carbocycles. The van der Waals surface area contributed by atoms with Crippen molar-refractivity contribution in [3.05, 3.63) is 53.4 Å². The zero-order valence-electron chi connectivity index (χ0n) is 18.5. The summed E-state index contributed by atoms with van der Waals surface area (Å²) in [5, 5.41) is 6.07. The predicted molar refractivity (Wildman–Crippen MR) is 116 cm³/mol. The molecule has 32 heavy (non-hydrogen) atoms. The molecule has 2 amide bonds. The van der Waals surface area contributed by atoms with E-state index in [4.69, 9.17) is 15.2 Å². The van der Waals surface area contributed by atoms with Crippen molar-refractivity contribution in [1.82, 2.24) is 25.8 Å². The van der Waals surface area contributed by atoms with Gasteiger partial charge in [-0.1, -0.05) is 25.0 Å². The van der Waals surface area contributed by atoms with Crippen LogP contribution in [0.15, 0.2) is 47.8 Å². The van der Waals surface area contributed by atoms with Gasteiger partial charge in [0.05, 0.1) is 19.9 Å². The minimum absolute atomic E-state index is 0.0653. The third-order valence-corrected chi connectivity index (χ3v) is 5.91. The molecule has 4 N–H and O–H groups in total. The van der Waals surface area contributed by atoms with Crippen LogP contribution in [0.4, 0.5) is 0 Å². The van der Waals surface area contributed by atoms with Gasteiger partial charge in [-0.2, -0.15) is 0 Å². The molecule has 0 aromatic heterocycles. The van der Waals surface area contributed by atoms with Crippen molar-refractivity contribution in [2.45, 2.75) is 39.2 Å². The Morgan fingerprint density at radius 1 is 1.25 bits per heavy atom. The van der Waals surface area contributed by atoms with Crippen molar-refractivity contribution in [1.29, 1.82) is 0 Å². The van der Waals surface area contributed by atoms with E-state index in [1.807, 2.05) is 31.2 Å². The number of nitrogens with one attached hydrogen (secondary N) is 2. The lowest BCUT2D eigenvalue weighted by Crippen LogP contribution is -2.54. The molecule has 2 heterocycles. The molecule has 1 aliphatic carbocycles. The van der Waals surface area contributed by atoms with Crippen molar-refractivity contribution in [2.75, 3.05) is 20.4 Å². The van der Waals surface area contributed by atoms with E-state index >= 15 is 0 Å². The molecule has 4 rings (SSSR count). The van der Waals surface area contributed by atoms with Crippen LogP contribution in [-0.4, -0.2) is 47.1 Å². The van der Waals surface area contributed by atoms with Gasteiger partial charge in [0.15, 0.2) is 11.6 Å². The molecular formula is C22H30N6O4. The van der Waals surface area contributed by atoms with E-state index in [0.717, 1.165) is 37.0 Å². The van der Waals surface area contributed by atoms with E-state index in [1.165, 1.54) is 0 Å². The van der Waals surface area contributed by atoms with Crippen molar-refractivity contribution in [3.63, 3.8) is 0 Å². The Morgan fingerprint density at radius 3 is 2.62 bits per heavy atom. The van der Waals surface area contributed by atoms with Crippen LogP contribution in [0.25, 0.3) is 0 Å². The van der Waals surface area contributed by atoms with Crippen LogP contribution in [0, 0.1) is 5.92 Å². The molecule has 1 fully saturated rings. The summed E-state index contributed by atoms with van der Waals surface area (Å²) in [4.78, 5) is 27.2. The largest absolute Gasteiger partial charge is 0.497 e. The Kier molecular flexibility index (Phi) is 6.52. The number of nitrogens with two attached hydrogens (primary N) is 1. The number of ether oxygens (including phenoxy) is 2. The van der Waals surface area contributed by atoms with Crippen LogP contribution in [0.5, 0.6) is 5.75 Å². The van der Waals surface area contributed by atoms with Crippen LogP contribution in [0.2, 0.25) is 0 Å². The summed E-state index contributed by atoms with van der Waals surface area (Å²) in [6.07, 6.45) is 5.52. The SMILES string of the molecule is CCN1C(=O)C(NC(=O)C2CCCC2)=C(N)N2NN(COCc3ccc(OC)cc3)C=C12. The Morgan fingerprint density at radius 2 is 1.97 bits per heavy atom. The lowest BCUT2D eigenvalue weighted by atomic mass is 10.1. The molecule has 1 aromatic rings. The van der Waals surface area contributed by atoms with Gasteiger partial charge in [-0.05, 0) is 37.5 Å². The van der Waals surface area contributed by atoms with Gasteiger partial charge in [-0.25, -0.2) is 5.01 Å². The van der Waals surface area contributed by atoms with Gasteiger partial charge >= 0.3 is 0 Å². The minimum atomic E-state index is -0.318. The summed E-state index contributed by atoms with van der Waals surface area (Å²) in [7, 11) is 1.63. The normalized spacial score (nSPS) is 18.9. The van der Waals surface area contributed by atoms with Crippen LogP contribution in [0.3, 0.4) is 0 Å². The van der Waals surface area contributed by atoms with Crippen LogP contribution in [0.1, 0.15) is 38.2 Å². The zero-order valence-corrected chi connectivity index (χ0v) is 18.5. The van der Waals surface area contributed by atoms with E-state index < -0.39 is 0 Å². The maximum Gasteiger partial charge on any atom is 0.279 e. The van der Waals surface area contributed by atoms with Crippen molar-refractivity contribution in [2.24, 2.45) is 11.7 Å². The number of benzene rings is 1. The quantitative estimate of drug-likeness (QED) is 0.552. The standard InChI is InChI=1S/C22H30N6O4/c1-3-27-18-12-26(14-32-13-15-8-10-17(31-2)11-9-15)25-28(18)20(23)19(22(27)30)24-21(29)16-6-4-5-7-16/h8-12,16,25H,3-7,13-14,23H2,1-2H3,(H,24,29). The van der Waals surface area contributed by atoms with Crippen molar-refractivity contribution < 1.29 is 19.1 Å².